The van der Waals surface area contributed by atoms with Gasteiger partial charge in [-0.1, -0.05) is 127 Å². The molecule has 0 saturated heterocycles. The van der Waals surface area contributed by atoms with E-state index in [1.54, 1.807) is 11.3 Å². The SMILES string of the molecule is c1cc(-c2nc(-c3cccc(-c4cccc5c4oc4ccccc45)c3)c3c(n2)sc2ccccc23)cc(-c2cccc3c2oc2ccccc23)c1. The van der Waals surface area contributed by atoms with Gasteiger partial charge in [-0.2, -0.15) is 0 Å². The zero-order chi connectivity index (χ0) is 33.5. The van der Waals surface area contributed by atoms with Gasteiger partial charge in [0.1, 0.15) is 27.2 Å². The Morgan fingerprint density at radius 3 is 1.59 bits per heavy atom. The van der Waals surface area contributed by atoms with Crippen molar-refractivity contribution in [2.24, 2.45) is 0 Å². The molecule has 7 aromatic carbocycles. The van der Waals surface area contributed by atoms with E-state index in [1.165, 1.54) is 4.70 Å². The van der Waals surface area contributed by atoms with E-state index in [9.17, 15) is 0 Å². The second kappa shape index (κ2) is 11.0. The Bertz CT molecular complexity index is 3170. The van der Waals surface area contributed by atoms with Gasteiger partial charge in [0.05, 0.1) is 5.69 Å². The maximum Gasteiger partial charge on any atom is 0.161 e. The van der Waals surface area contributed by atoms with Crippen LogP contribution in [0.1, 0.15) is 0 Å². The lowest BCUT2D eigenvalue weighted by atomic mass is 9.98. The number of thiophene rings is 1. The molecule has 0 bridgehead atoms. The minimum Gasteiger partial charge on any atom is -0.455 e. The van der Waals surface area contributed by atoms with Crippen molar-refractivity contribution < 1.29 is 8.83 Å². The van der Waals surface area contributed by atoms with Gasteiger partial charge >= 0.3 is 0 Å². The summed E-state index contributed by atoms with van der Waals surface area (Å²) in [4.78, 5) is 11.6. The smallest absolute Gasteiger partial charge is 0.161 e. The number of furan rings is 2. The van der Waals surface area contributed by atoms with Gasteiger partial charge in [-0.15, -0.1) is 11.3 Å². The van der Waals surface area contributed by atoms with Crippen molar-refractivity contribution in [1.29, 1.82) is 0 Å². The third kappa shape index (κ3) is 4.38. The van der Waals surface area contributed by atoms with E-state index >= 15 is 0 Å². The fourth-order valence-electron chi connectivity index (χ4n) is 7.57. The topological polar surface area (TPSA) is 52.1 Å². The summed E-state index contributed by atoms with van der Waals surface area (Å²) in [6.07, 6.45) is 0. The van der Waals surface area contributed by atoms with Crippen LogP contribution in [0.4, 0.5) is 0 Å². The highest BCUT2D eigenvalue weighted by molar-refractivity contribution is 7.25. The molecule has 0 spiro atoms. The Balaban J connectivity index is 1.10. The van der Waals surface area contributed by atoms with Crippen LogP contribution in [0.25, 0.3) is 109 Å². The summed E-state index contributed by atoms with van der Waals surface area (Å²) in [6.45, 7) is 0. The molecule has 238 valence electrons. The van der Waals surface area contributed by atoms with Gasteiger partial charge in [0, 0.05) is 59.3 Å². The molecule has 0 fully saturated rings. The molecular formula is C46H26N2O2S. The van der Waals surface area contributed by atoms with E-state index < -0.39 is 0 Å². The number of benzene rings is 7. The fraction of sp³-hybridized carbons (Fsp3) is 0. The molecule has 11 aromatic rings. The normalized spacial score (nSPS) is 11.9. The Labute approximate surface area is 295 Å². The maximum absolute atomic E-state index is 6.44. The van der Waals surface area contributed by atoms with Gasteiger partial charge in [0.2, 0.25) is 0 Å². The van der Waals surface area contributed by atoms with Crippen LogP contribution < -0.4 is 0 Å². The van der Waals surface area contributed by atoms with E-state index in [-0.39, 0.29) is 0 Å². The van der Waals surface area contributed by atoms with Crippen LogP contribution in [-0.2, 0) is 0 Å². The number of nitrogens with zero attached hydrogens (tertiary/aromatic N) is 2. The van der Waals surface area contributed by atoms with Crippen LogP contribution in [-0.4, -0.2) is 9.97 Å². The summed E-state index contributed by atoms with van der Waals surface area (Å²) in [5.41, 5.74) is 10.7. The monoisotopic (exact) mass is 670 g/mol. The molecule has 4 aromatic heterocycles. The largest absolute Gasteiger partial charge is 0.455 e. The minimum atomic E-state index is 0.687. The zero-order valence-corrected chi connectivity index (χ0v) is 27.9. The molecule has 11 rings (SSSR count). The summed E-state index contributed by atoms with van der Waals surface area (Å²) >= 11 is 1.71. The summed E-state index contributed by atoms with van der Waals surface area (Å²) in [6, 6.07) is 54.8. The van der Waals surface area contributed by atoms with E-state index in [4.69, 9.17) is 18.8 Å². The van der Waals surface area contributed by atoms with Crippen molar-refractivity contribution in [2.45, 2.75) is 0 Å². The van der Waals surface area contributed by atoms with Gasteiger partial charge in [0.25, 0.3) is 0 Å². The Morgan fingerprint density at radius 1 is 0.412 bits per heavy atom. The fourth-order valence-corrected chi connectivity index (χ4v) is 8.65. The third-order valence-corrected chi connectivity index (χ3v) is 11.0. The maximum atomic E-state index is 6.44. The molecular weight excluding hydrogens is 645 g/mol. The molecule has 0 atom stereocenters. The van der Waals surface area contributed by atoms with Gasteiger partial charge in [-0.25, -0.2) is 9.97 Å². The van der Waals surface area contributed by atoms with Crippen molar-refractivity contribution in [3.63, 3.8) is 0 Å². The average Bonchev–Trinajstić information content (AvgIpc) is 3.89. The first-order chi connectivity index (χ1) is 25.3. The number of hydrogen-bond donors (Lipinski definition) is 0. The molecule has 0 aliphatic rings. The number of aromatic nitrogens is 2. The number of hydrogen-bond acceptors (Lipinski definition) is 5. The van der Waals surface area contributed by atoms with Gasteiger partial charge in [-0.3, -0.25) is 0 Å². The van der Waals surface area contributed by atoms with Crippen molar-refractivity contribution >= 4 is 75.5 Å². The highest BCUT2D eigenvalue weighted by Crippen LogP contribution is 2.42. The van der Waals surface area contributed by atoms with Gasteiger partial charge in [-0.05, 0) is 41.5 Å². The molecule has 51 heavy (non-hydrogen) atoms. The quantitative estimate of drug-likeness (QED) is 0.187. The molecule has 4 nitrogen and oxygen atoms in total. The Kier molecular flexibility index (Phi) is 6.09. The zero-order valence-electron chi connectivity index (χ0n) is 27.1. The van der Waals surface area contributed by atoms with Crippen molar-refractivity contribution in [3.05, 3.63) is 158 Å². The molecule has 0 N–H and O–H groups in total. The Morgan fingerprint density at radius 2 is 0.922 bits per heavy atom. The first-order valence-electron chi connectivity index (χ1n) is 17.0. The van der Waals surface area contributed by atoms with E-state index in [2.05, 4.69) is 133 Å². The lowest BCUT2D eigenvalue weighted by Gasteiger charge is -2.11. The van der Waals surface area contributed by atoms with Crippen LogP contribution >= 0.6 is 11.3 Å². The summed E-state index contributed by atoms with van der Waals surface area (Å²) in [5, 5.41) is 6.69. The van der Waals surface area contributed by atoms with Crippen LogP contribution in [0.2, 0.25) is 0 Å². The lowest BCUT2D eigenvalue weighted by Crippen LogP contribution is -1.94. The van der Waals surface area contributed by atoms with Crippen molar-refractivity contribution in [1.82, 2.24) is 9.97 Å². The third-order valence-electron chi connectivity index (χ3n) is 9.93. The number of para-hydroxylation sites is 4. The van der Waals surface area contributed by atoms with Crippen LogP contribution in [0.15, 0.2) is 167 Å². The molecule has 4 heterocycles. The standard InChI is InChI=1S/C46H26N2O2S/c1-4-22-38-33(15-1)35-20-9-18-31(43(35)49-38)27-11-7-13-29(25-27)42-41-37-17-3-6-24-40(37)51-46(41)48-45(47-42)30-14-8-12-28(26-30)32-19-10-21-36-34-16-2-5-23-39(34)50-44(32)36/h1-26H. The van der Waals surface area contributed by atoms with E-state index in [0.29, 0.717) is 5.82 Å². The van der Waals surface area contributed by atoms with Crippen LogP contribution in [0, 0.1) is 0 Å². The molecule has 0 radical (unpaired) electrons. The second-order valence-electron chi connectivity index (χ2n) is 12.9. The van der Waals surface area contributed by atoms with Crippen molar-refractivity contribution in [2.75, 3.05) is 0 Å². The first-order valence-corrected chi connectivity index (χ1v) is 17.8. The molecule has 0 aliphatic heterocycles. The predicted octanol–water partition coefficient (Wildman–Crippen LogP) is 13.3. The molecule has 0 amide bonds. The summed E-state index contributed by atoms with van der Waals surface area (Å²) < 4.78 is 14.0. The molecule has 5 heteroatoms. The van der Waals surface area contributed by atoms with Crippen LogP contribution in [0.3, 0.4) is 0 Å². The number of fused-ring (bicyclic) bond motifs is 9. The van der Waals surface area contributed by atoms with E-state index in [1.807, 2.05) is 24.3 Å². The summed E-state index contributed by atoms with van der Waals surface area (Å²) in [5.74, 6) is 0.687. The van der Waals surface area contributed by atoms with Gasteiger partial charge < -0.3 is 8.83 Å². The molecule has 0 aliphatic carbocycles. The lowest BCUT2D eigenvalue weighted by molar-refractivity contribution is 0.669. The number of rotatable bonds is 4. The summed E-state index contributed by atoms with van der Waals surface area (Å²) in [7, 11) is 0. The molecule has 0 saturated carbocycles. The second-order valence-corrected chi connectivity index (χ2v) is 13.9. The van der Waals surface area contributed by atoms with E-state index in [0.717, 1.165) is 98.6 Å². The highest BCUT2D eigenvalue weighted by atomic mass is 32.1. The predicted molar refractivity (Wildman–Crippen MR) is 211 cm³/mol. The average molecular weight is 671 g/mol. The highest BCUT2D eigenvalue weighted by Gasteiger charge is 2.19. The van der Waals surface area contributed by atoms with Crippen molar-refractivity contribution in [3.8, 4) is 44.9 Å². The molecule has 0 unspecified atom stereocenters. The van der Waals surface area contributed by atoms with Crippen LogP contribution in [0.5, 0.6) is 0 Å². The first kappa shape index (κ1) is 28.3. The Hall–Kier alpha value is -6.56. The minimum absolute atomic E-state index is 0.687. The van der Waals surface area contributed by atoms with Gasteiger partial charge in [0.15, 0.2) is 5.82 Å².